The van der Waals surface area contributed by atoms with Crippen molar-refractivity contribution in [3.8, 4) is 0 Å². The van der Waals surface area contributed by atoms with Gasteiger partial charge in [0.15, 0.2) is 0 Å². The zero-order valence-corrected chi connectivity index (χ0v) is 12.8. The van der Waals surface area contributed by atoms with E-state index in [-0.39, 0.29) is 0 Å². The average molecular weight is 237 g/mol. The first-order valence-corrected chi connectivity index (χ1v) is 7.20. The molecule has 5 unspecified atom stereocenters. The van der Waals surface area contributed by atoms with Crippen molar-refractivity contribution >= 4 is 0 Å². The molecule has 5 atom stereocenters. The Balaban J connectivity index is 2.18. The molecule has 1 saturated carbocycles. The molecule has 1 aliphatic carbocycles. The molecule has 2 aliphatic heterocycles. The number of nitrogens with zero attached hydrogens (tertiary/aromatic N) is 2. The maximum atomic E-state index is 2.86. The maximum Gasteiger partial charge on any atom is 0.105 e. The van der Waals surface area contributed by atoms with Crippen LogP contribution in [0, 0.1) is 17.3 Å². The second-order valence-electron chi connectivity index (χ2n) is 8.15. The Morgan fingerprint density at radius 2 is 1.53 bits per heavy atom. The molecule has 3 rings (SSSR count). The lowest BCUT2D eigenvalue weighted by atomic mass is 9.78. The number of rotatable bonds is 0. The van der Waals surface area contributed by atoms with Crippen LogP contribution >= 0.6 is 0 Å². The second kappa shape index (κ2) is 2.60. The van der Waals surface area contributed by atoms with E-state index in [1.807, 2.05) is 0 Å². The fraction of sp³-hybridized carbons (Fsp3) is 1.00. The van der Waals surface area contributed by atoms with Gasteiger partial charge in [-0.25, -0.2) is 4.59 Å². The van der Waals surface area contributed by atoms with E-state index in [2.05, 4.69) is 60.6 Å². The third-order valence-electron chi connectivity index (χ3n) is 7.55. The standard InChI is InChI=1S/C15H29N2/c1-10-9-15-12(3)14(15,6)11(2)13(4,5)16(15)17(10,7)8/h10-12H,9H2,1-8H3/q+1. The minimum absolute atomic E-state index is 0.329. The average Bonchev–Trinajstić information content (AvgIpc) is 2.46. The van der Waals surface area contributed by atoms with E-state index in [4.69, 9.17) is 0 Å². The maximum absolute atomic E-state index is 2.86. The molecule has 0 N–H and O–H groups in total. The first-order chi connectivity index (χ1) is 7.55. The molecule has 0 bridgehead atoms. The van der Waals surface area contributed by atoms with Crippen molar-refractivity contribution in [3.05, 3.63) is 0 Å². The van der Waals surface area contributed by atoms with Crippen LogP contribution < -0.4 is 0 Å². The van der Waals surface area contributed by atoms with Crippen LogP contribution in [0.3, 0.4) is 0 Å². The highest BCUT2D eigenvalue weighted by molar-refractivity contribution is 5.35. The molecule has 3 fully saturated rings. The van der Waals surface area contributed by atoms with Gasteiger partial charge in [0.25, 0.3) is 0 Å². The largest absolute Gasteiger partial charge is 0.245 e. The van der Waals surface area contributed by atoms with Gasteiger partial charge in [0.05, 0.1) is 25.2 Å². The summed E-state index contributed by atoms with van der Waals surface area (Å²) in [7, 11) is 4.81. The SMILES string of the molecule is CC1C(C)(C)N2C3(CC(C)[N+]2(C)C)C(C)C13C. The van der Waals surface area contributed by atoms with Crippen LogP contribution in [0.25, 0.3) is 0 Å². The smallest absolute Gasteiger partial charge is 0.105 e. The van der Waals surface area contributed by atoms with Crippen LogP contribution in [0.15, 0.2) is 0 Å². The van der Waals surface area contributed by atoms with Crippen molar-refractivity contribution in [2.24, 2.45) is 17.3 Å². The molecule has 0 aromatic carbocycles. The predicted octanol–water partition coefficient (Wildman–Crippen LogP) is 2.90. The van der Waals surface area contributed by atoms with Crippen molar-refractivity contribution in [2.45, 2.75) is 65.1 Å². The summed E-state index contributed by atoms with van der Waals surface area (Å²) >= 11 is 0. The van der Waals surface area contributed by atoms with Gasteiger partial charge >= 0.3 is 0 Å². The van der Waals surface area contributed by atoms with Gasteiger partial charge in [0.1, 0.15) is 6.04 Å². The second-order valence-corrected chi connectivity index (χ2v) is 8.15. The summed E-state index contributed by atoms with van der Waals surface area (Å²) in [4.78, 5) is 0. The quantitative estimate of drug-likeness (QED) is 0.586. The van der Waals surface area contributed by atoms with Crippen molar-refractivity contribution in [2.75, 3.05) is 14.1 Å². The van der Waals surface area contributed by atoms with Crippen LogP contribution in [0.1, 0.15) is 48.0 Å². The van der Waals surface area contributed by atoms with Gasteiger partial charge in [0.2, 0.25) is 0 Å². The normalized spacial score (nSPS) is 58.9. The van der Waals surface area contributed by atoms with E-state index in [1.54, 1.807) is 0 Å². The monoisotopic (exact) mass is 237 g/mol. The van der Waals surface area contributed by atoms with Crippen molar-refractivity contribution in [1.29, 1.82) is 0 Å². The zero-order valence-electron chi connectivity index (χ0n) is 12.8. The summed E-state index contributed by atoms with van der Waals surface area (Å²) in [5.41, 5.74) is 1.35. The van der Waals surface area contributed by atoms with Crippen LogP contribution in [0.2, 0.25) is 0 Å². The van der Waals surface area contributed by atoms with E-state index < -0.39 is 0 Å². The fourth-order valence-electron chi connectivity index (χ4n) is 6.01. The Kier molecular flexibility index (Phi) is 1.83. The lowest BCUT2D eigenvalue weighted by molar-refractivity contribution is -1.02. The number of hydrogen-bond acceptors (Lipinski definition) is 1. The topological polar surface area (TPSA) is 3.24 Å². The molecule has 98 valence electrons. The summed E-state index contributed by atoms with van der Waals surface area (Å²) in [6.45, 7) is 14.9. The Morgan fingerprint density at radius 3 is 2.00 bits per heavy atom. The van der Waals surface area contributed by atoms with E-state index in [0.717, 1.165) is 22.5 Å². The summed E-state index contributed by atoms with van der Waals surface area (Å²) < 4.78 is 1.08. The van der Waals surface area contributed by atoms with E-state index >= 15 is 0 Å². The molecule has 2 heterocycles. The third-order valence-corrected chi connectivity index (χ3v) is 7.55. The molecule has 0 aromatic rings. The minimum atomic E-state index is 0.329. The molecule has 1 spiro atoms. The van der Waals surface area contributed by atoms with Crippen LogP contribution in [0.5, 0.6) is 0 Å². The van der Waals surface area contributed by atoms with E-state index in [9.17, 15) is 0 Å². The lowest BCUT2D eigenvalue weighted by Gasteiger charge is -2.47. The van der Waals surface area contributed by atoms with Crippen LogP contribution in [-0.4, -0.2) is 40.8 Å². The van der Waals surface area contributed by atoms with Crippen molar-refractivity contribution in [3.63, 3.8) is 0 Å². The van der Waals surface area contributed by atoms with E-state index in [1.165, 1.54) is 6.42 Å². The van der Waals surface area contributed by atoms with Gasteiger partial charge in [-0.05, 0) is 32.6 Å². The van der Waals surface area contributed by atoms with Crippen LogP contribution in [0.4, 0.5) is 0 Å². The molecule has 2 saturated heterocycles. The number of piperidine rings is 1. The first-order valence-electron chi connectivity index (χ1n) is 7.20. The predicted molar refractivity (Wildman–Crippen MR) is 71.3 cm³/mol. The highest BCUT2D eigenvalue weighted by Gasteiger charge is 2.90. The van der Waals surface area contributed by atoms with Gasteiger partial charge in [-0.2, -0.15) is 0 Å². The highest BCUT2D eigenvalue weighted by atomic mass is 15.8. The molecule has 17 heavy (non-hydrogen) atoms. The number of hydrogen-bond donors (Lipinski definition) is 0. The summed E-state index contributed by atoms with van der Waals surface area (Å²) in [6, 6.07) is 0.756. The first kappa shape index (κ1) is 12.0. The summed E-state index contributed by atoms with van der Waals surface area (Å²) in [5, 5.41) is 2.86. The Hall–Kier alpha value is -0.0800. The molecular weight excluding hydrogens is 208 g/mol. The highest BCUT2D eigenvalue weighted by Crippen LogP contribution is 2.81. The lowest BCUT2D eigenvalue weighted by Crippen LogP contribution is -2.63. The fourth-order valence-corrected chi connectivity index (χ4v) is 6.01. The molecule has 0 radical (unpaired) electrons. The molecular formula is C15H29N2+. The van der Waals surface area contributed by atoms with Gasteiger partial charge in [-0.3, -0.25) is 0 Å². The Bertz CT molecular complexity index is 386. The molecule has 2 nitrogen and oxygen atoms in total. The Morgan fingerprint density at radius 1 is 1.00 bits per heavy atom. The van der Waals surface area contributed by atoms with Crippen molar-refractivity contribution in [1.82, 2.24) is 5.01 Å². The minimum Gasteiger partial charge on any atom is -0.245 e. The molecule has 2 heteroatoms. The van der Waals surface area contributed by atoms with Gasteiger partial charge in [-0.15, -0.1) is 5.01 Å². The van der Waals surface area contributed by atoms with E-state index in [0.29, 0.717) is 16.5 Å². The third kappa shape index (κ3) is 0.859. The Labute approximate surface area is 107 Å². The van der Waals surface area contributed by atoms with Crippen LogP contribution in [-0.2, 0) is 0 Å². The summed E-state index contributed by atoms with van der Waals surface area (Å²) in [6.07, 6.45) is 1.38. The summed E-state index contributed by atoms with van der Waals surface area (Å²) in [5.74, 6) is 1.65. The number of quaternary nitrogens is 1. The van der Waals surface area contributed by atoms with Gasteiger partial charge in [0, 0.05) is 11.8 Å². The van der Waals surface area contributed by atoms with Gasteiger partial charge in [-0.1, -0.05) is 20.8 Å². The molecule has 0 amide bonds. The molecule has 0 aromatic heterocycles. The van der Waals surface area contributed by atoms with Crippen molar-refractivity contribution < 1.29 is 4.59 Å². The molecule has 3 aliphatic rings. The van der Waals surface area contributed by atoms with Gasteiger partial charge < -0.3 is 0 Å². The zero-order chi connectivity index (χ0) is 13.0.